The second-order valence-electron chi connectivity index (χ2n) is 17.5. The second-order valence-corrected chi connectivity index (χ2v) is 17.5. The van der Waals surface area contributed by atoms with Crippen molar-refractivity contribution < 1.29 is 38.2 Å². The van der Waals surface area contributed by atoms with Crippen LogP contribution in [0.2, 0.25) is 0 Å². The molecule has 0 aromatic carbocycles. The highest BCUT2D eigenvalue weighted by Crippen LogP contribution is 2.16. The number of nitrogens with zero attached hydrogens (tertiary/aromatic N) is 1. The van der Waals surface area contributed by atoms with E-state index in [1.807, 2.05) is 60.8 Å². The lowest BCUT2D eigenvalue weighted by molar-refractivity contribution is -0.889. The van der Waals surface area contributed by atoms with Crippen LogP contribution >= 0.6 is 0 Å². The van der Waals surface area contributed by atoms with Crippen molar-refractivity contribution in [3.8, 4) is 0 Å². The monoisotopic (exact) mass is 854 g/mol. The van der Waals surface area contributed by atoms with Crippen molar-refractivity contribution in [1.82, 2.24) is 0 Å². The number of rotatable bonds is 43. The molecule has 0 aromatic heterocycles. The van der Waals surface area contributed by atoms with Gasteiger partial charge in [0.15, 0.2) is 6.10 Å². The first kappa shape index (κ1) is 57.8. The summed E-state index contributed by atoms with van der Waals surface area (Å²) in [6, 6.07) is -0.737. The van der Waals surface area contributed by atoms with Crippen LogP contribution in [0.5, 0.6) is 0 Å². The van der Waals surface area contributed by atoms with Gasteiger partial charge >= 0.3 is 11.9 Å². The number of likely N-dealkylation sites (N-methyl/N-ethyl adjacent to an activating group) is 1. The van der Waals surface area contributed by atoms with Gasteiger partial charge in [-0.3, -0.25) is 9.59 Å². The zero-order valence-corrected chi connectivity index (χ0v) is 39.8. The van der Waals surface area contributed by atoms with Crippen molar-refractivity contribution in [3.63, 3.8) is 0 Å². The first-order valence-corrected chi connectivity index (χ1v) is 24.5. The third-order valence-electron chi connectivity index (χ3n) is 10.8. The quantitative estimate of drug-likeness (QED) is 0.0260. The van der Waals surface area contributed by atoms with Crippen LogP contribution in [-0.4, -0.2) is 75.5 Å². The molecule has 0 radical (unpaired) electrons. The fraction of sp³-hybridized carbons (Fsp3) is 0.717. The van der Waals surface area contributed by atoms with Gasteiger partial charge < -0.3 is 28.6 Å². The maximum absolute atomic E-state index is 12.7. The van der Waals surface area contributed by atoms with E-state index < -0.39 is 18.1 Å². The van der Waals surface area contributed by atoms with E-state index in [-0.39, 0.29) is 49.1 Å². The van der Waals surface area contributed by atoms with Gasteiger partial charge in [0, 0.05) is 19.3 Å². The number of carbonyl (C=O) groups is 3. The highest BCUT2D eigenvalue weighted by molar-refractivity contribution is 5.70. The van der Waals surface area contributed by atoms with Crippen molar-refractivity contribution in [3.05, 3.63) is 72.9 Å². The molecule has 0 N–H and O–H groups in total. The summed E-state index contributed by atoms with van der Waals surface area (Å²) >= 11 is 0. The minimum Gasteiger partial charge on any atom is -0.544 e. The summed E-state index contributed by atoms with van der Waals surface area (Å²) in [6.07, 6.45) is 55.0. The Balaban J connectivity index is 4.33. The number of carboxylic acids is 1. The third-order valence-corrected chi connectivity index (χ3v) is 10.8. The van der Waals surface area contributed by atoms with E-state index in [0.29, 0.717) is 12.8 Å². The van der Waals surface area contributed by atoms with Gasteiger partial charge in [0.1, 0.15) is 12.6 Å². The number of ether oxygens (including phenoxy) is 3. The van der Waals surface area contributed by atoms with E-state index >= 15 is 0 Å². The summed E-state index contributed by atoms with van der Waals surface area (Å²) in [5.74, 6) is -1.79. The molecule has 0 aliphatic carbocycles. The smallest absolute Gasteiger partial charge is 0.306 e. The van der Waals surface area contributed by atoms with Gasteiger partial charge in [-0.05, 0) is 32.1 Å². The molecule has 0 amide bonds. The van der Waals surface area contributed by atoms with E-state index in [4.69, 9.17) is 14.2 Å². The molecular weight excluding hydrogens is 763 g/mol. The van der Waals surface area contributed by atoms with Gasteiger partial charge in [0.2, 0.25) is 0 Å². The molecule has 0 heterocycles. The first-order valence-electron chi connectivity index (χ1n) is 24.5. The van der Waals surface area contributed by atoms with Crippen molar-refractivity contribution in [2.24, 2.45) is 0 Å². The van der Waals surface area contributed by atoms with Crippen molar-refractivity contribution in [2.45, 2.75) is 206 Å². The lowest BCUT2D eigenvalue weighted by Crippen LogP contribution is -2.55. The van der Waals surface area contributed by atoms with Gasteiger partial charge in [-0.25, -0.2) is 0 Å². The molecule has 0 rings (SSSR count). The maximum atomic E-state index is 12.7. The Bertz CT molecular complexity index is 1230. The lowest BCUT2D eigenvalue weighted by atomic mass is 10.0. The topological polar surface area (TPSA) is 102 Å². The van der Waals surface area contributed by atoms with E-state index in [0.717, 1.165) is 44.9 Å². The number of quaternary nitrogens is 1. The lowest BCUT2D eigenvalue weighted by Gasteiger charge is -2.34. The minimum atomic E-state index is -1.13. The van der Waals surface area contributed by atoms with E-state index in [1.165, 1.54) is 109 Å². The van der Waals surface area contributed by atoms with Gasteiger partial charge in [0.05, 0.1) is 40.3 Å². The minimum absolute atomic E-state index is 0.0206. The fourth-order valence-electron chi connectivity index (χ4n) is 6.99. The van der Waals surface area contributed by atoms with Crippen LogP contribution in [0, 0.1) is 0 Å². The van der Waals surface area contributed by atoms with Gasteiger partial charge in [-0.15, -0.1) is 0 Å². The number of hydrogen-bond donors (Lipinski definition) is 0. The highest BCUT2D eigenvalue weighted by Gasteiger charge is 2.25. The molecule has 0 fully saturated rings. The first-order chi connectivity index (χ1) is 29.6. The molecule has 0 aliphatic heterocycles. The van der Waals surface area contributed by atoms with Crippen molar-refractivity contribution in [2.75, 3.05) is 41.0 Å². The summed E-state index contributed by atoms with van der Waals surface area (Å²) < 4.78 is 17.2. The Kier molecular flexibility index (Phi) is 41.1. The zero-order valence-electron chi connectivity index (χ0n) is 39.8. The van der Waals surface area contributed by atoms with Crippen LogP contribution in [0.4, 0.5) is 0 Å². The third kappa shape index (κ3) is 41.9. The number of carboxylic acid groups (broad SMARTS) is 1. The van der Waals surface area contributed by atoms with Gasteiger partial charge in [-0.2, -0.15) is 0 Å². The number of allylic oxidation sites excluding steroid dienone is 12. The average molecular weight is 854 g/mol. The maximum Gasteiger partial charge on any atom is 0.306 e. The number of unbranched alkanes of at least 4 members (excludes halogenated alkanes) is 22. The molecule has 2 atom stereocenters. The molecule has 0 bridgehead atoms. The normalized spacial score (nSPS) is 13.5. The highest BCUT2D eigenvalue weighted by atomic mass is 16.6. The number of aliphatic carboxylic acids is 1. The number of carbonyl (C=O) groups excluding carboxylic acids is 3. The number of hydrogen-bond acceptors (Lipinski definition) is 7. The molecular formula is C53H91NO7. The summed E-state index contributed by atoms with van der Waals surface area (Å²) in [7, 11) is 5.39. The molecule has 2 unspecified atom stereocenters. The van der Waals surface area contributed by atoms with E-state index in [2.05, 4.69) is 26.0 Å². The Hall–Kier alpha value is -3.23. The summed E-state index contributed by atoms with van der Waals surface area (Å²) in [5, 5.41) is 11.6. The average Bonchev–Trinajstić information content (AvgIpc) is 3.22. The van der Waals surface area contributed by atoms with Crippen LogP contribution in [0.25, 0.3) is 0 Å². The van der Waals surface area contributed by atoms with Crippen LogP contribution in [0.3, 0.4) is 0 Å². The van der Waals surface area contributed by atoms with Gasteiger partial charge in [0.25, 0.3) is 0 Å². The molecule has 0 aromatic rings. The van der Waals surface area contributed by atoms with Crippen LogP contribution in [0.15, 0.2) is 72.9 Å². The van der Waals surface area contributed by atoms with Gasteiger partial charge in [-0.1, -0.05) is 215 Å². The molecule has 0 saturated carbocycles. The van der Waals surface area contributed by atoms with Crippen molar-refractivity contribution in [1.29, 1.82) is 0 Å². The van der Waals surface area contributed by atoms with Crippen LogP contribution < -0.4 is 5.11 Å². The predicted molar refractivity (Wildman–Crippen MR) is 254 cm³/mol. The molecule has 0 aliphatic rings. The molecule has 350 valence electrons. The number of esters is 2. The zero-order chi connectivity index (χ0) is 44.9. The second kappa shape index (κ2) is 43.4. The Morgan fingerprint density at radius 1 is 0.508 bits per heavy atom. The fourth-order valence-corrected chi connectivity index (χ4v) is 6.99. The Morgan fingerprint density at radius 2 is 0.918 bits per heavy atom. The van der Waals surface area contributed by atoms with Crippen LogP contribution in [0.1, 0.15) is 194 Å². The van der Waals surface area contributed by atoms with E-state index in [1.54, 1.807) is 21.1 Å². The Morgan fingerprint density at radius 3 is 1.36 bits per heavy atom. The van der Waals surface area contributed by atoms with E-state index in [9.17, 15) is 19.5 Å². The molecule has 61 heavy (non-hydrogen) atoms. The molecule has 0 saturated heterocycles. The SMILES string of the molecule is CC/C=C/C=C/C=C/C=C/C=C/C=C/CCCCCC(=O)OC(COCCC(C(=O)[O-])[N+](C)(C)C)COC(=O)CCCCCCCCCCCCCCCCCCCCCC. The largest absolute Gasteiger partial charge is 0.544 e. The summed E-state index contributed by atoms with van der Waals surface area (Å²) in [5.41, 5.74) is 0. The predicted octanol–water partition coefficient (Wildman–Crippen LogP) is 12.6. The van der Waals surface area contributed by atoms with Crippen LogP contribution in [-0.2, 0) is 28.6 Å². The molecule has 0 spiro atoms. The summed E-state index contributed by atoms with van der Waals surface area (Å²) in [4.78, 5) is 37.0. The van der Waals surface area contributed by atoms with Crippen molar-refractivity contribution >= 4 is 17.9 Å². The molecule has 8 nitrogen and oxygen atoms in total. The standard InChI is InChI=1S/C53H91NO7/c1-6-8-10-12-14-16-18-20-22-24-25-26-28-29-31-33-35-37-39-41-43-51(55)60-48-49(47-59-46-45-50(53(57)58)54(3,4)5)61-52(56)44-42-40-38-36-34-32-30-27-23-21-19-17-15-13-11-9-7-2/h9,11,13,15,17,19,21,23,27,30,32,34,49-50H,6-8,10,12,14,16,18,20,22,24-26,28-29,31,33,35-48H2,1-5H3/b11-9+,15-13+,19-17+,23-21+,30-27+,34-32+. The molecule has 8 heteroatoms. The summed E-state index contributed by atoms with van der Waals surface area (Å²) in [6.45, 7) is 4.48. The Labute approximate surface area is 374 Å².